The molecule has 0 spiro atoms. The number of fused-ring (bicyclic) bond motifs is 3. The van der Waals surface area contributed by atoms with Gasteiger partial charge in [-0.05, 0) is 96.3 Å². The molecule has 2 aliphatic carbocycles. The summed E-state index contributed by atoms with van der Waals surface area (Å²) in [4.78, 5) is 11.5. The zero-order valence-electron chi connectivity index (χ0n) is 21.8. The Balaban J connectivity index is 1.81. The summed E-state index contributed by atoms with van der Waals surface area (Å²) < 4.78 is 5.54. The van der Waals surface area contributed by atoms with Crippen LogP contribution in [0.25, 0.3) is 0 Å². The van der Waals surface area contributed by atoms with Gasteiger partial charge in [0.05, 0.1) is 0 Å². The van der Waals surface area contributed by atoms with Crippen molar-refractivity contribution in [1.29, 1.82) is 0 Å². The topological polar surface area (TPSA) is 26.3 Å². The Morgan fingerprint density at radius 1 is 1.19 bits per heavy atom. The van der Waals surface area contributed by atoms with Crippen LogP contribution in [-0.2, 0) is 22.4 Å². The third-order valence-electron chi connectivity index (χ3n) is 9.09. The number of hydrogen-bond acceptors (Lipinski definition) is 2. The molecule has 1 aromatic rings. The summed E-state index contributed by atoms with van der Waals surface area (Å²) in [6.07, 6.45) is 11.8. The third-order valence-corrected chi connectivity index (χ3v) is 9.09. The highest BCUT2D eigenvalue weighted by molar-refractivity contribution is 5.66. The van der Waals surface area contributed by atoms with Gasteiger partial charge in [-0.1, -0.05) is 65.8 Å². The average Bonchev–Trinajstić information content (AvgIpc) is 3.10. The molecule has 1 aromatic carbocycles. The second-order valence-corrected chi connectivity index (χ2v) is 11.4. The van der Waals surface area contributed by atoms with Crippen LogP contribution < -0.4 is 0 Å². The molecule has 3 rings (SSSR count). The molecule has 2 nitrogen and oxygen atoms in total. The van der Waals surface area contributed by atoms with Gasteiger partial charge in [0.25, 0.3) is 0 Å². The van der Waals surface area contributed by atoms with Gasteiger partial charge >= 0.3 is 5.97 Å². The van der Waals surface area contributed by atoms with E-state index < -0.39 is 0 Å². The van der Waals surface area contributed by atoms with Crippen molar-refractivity contribution in [2.24, 2.45) is 29.1 Å². The zero-order chi connectivity index (χ0) is 23.6. The van der Waals surface area contributed by atoms with Crippen molar-refractivity contribution >= 4 is 5.97 Å². The van der Waals surface area contributed by atoms with Crippen molar-refractivity contribution in [3.05, 3.63) is 46.5 Å². The van der Waals surface area contributed by atoms with Gasteiger partial charge < -0.3 is 4.74 Å². The summed E-state index contributed by atoms with van der Waals surface area (Å²) >= 11 is 0. The number of esters is 1. The molecule has 6 atom stereocenters. The Kier molecular flexibility index (Phi) is 7.94. The first-order valence-electron chi connectivity index (χ1n) is 13.0. The lowest BCUT2D eigenvalue weighted by Crippen LogP contribution is -2.35. The van der Waals surface area contributed by atoms with E-state index in [1.165, 1.54) is 43.7 Å². The third kappa shape index (κ3) is 5.00. The maximum absolute atomic E-state index is 11.5. The van der Waals surface area contributed by atoms with E-state index in [1.807, 2.05) is 0 Å². The first kappa shape index (κ1) is 25.1. The van der Waals surface area contributed by atoms with Gasteiger partial charge in [0.2, 0.25) is 0 Å². The van der Waals surface area contributed by atoms with E-state index in [0.717, 1.165) is 18.8 Å². The molecule has 178 valence electrons. The fourth-order valence-electron chi connectivity index (χ4n) is 6.55. The van der Waals surface area contributed by atoms with Crippen LogP contribution in [0.4, 0.5) is 0 Å². The Morgan fingerprint density at radius 2 is 1.91 bits per heavy atom. The van der Waals surface area contributed by atoms with Crippen LogP contribution in [0.2, 0.25) is 0 Å². The van der Waals surface area contributed by atoms with Crippen LogP contribution in [0.3, 0.4) is 0 Å². The molecule has 0 heterocycles. The maximum atomic E-state index is 11.5. The smallest absolute Gasteiger partial charge is 0.302 e. The van der Waals surface area contributed by atoms with E-state index in [1.54, 1.807) is 11.1 Å². The molecule has 0 N–H and O–H groups in total. The second kappa shape index (κ2) is 10.1. The standard InChI is InChI=1S/C30H46O2/c1-9-25(32-23(7)31)18-24-12-13-27-26(22(24)6)16-17-30(8)28(14-15-29(27)30)21(5)11-10-20(4)19(2)3/h10-13,19-21,25,28-29H,9,14-18H2,1-8H3/b11-10+. The highest BCUT2D eigenvalue weighted by atomic mass is 16.5. The van der Waals surface area contributed by atoms with Crippen molar-refractivity contribution in [2.75, 3.05) is 0 Å². The minimum atomic E-state index is -0.175. The molecule has 2 aliphatic rings. The Morgan fingerprint density at radius 3 is 2.53 bits per heavy atom. The molecule has 0 aliphatic heterocycles. The van der Waals surface area contributed by atoms with Crippen LogP contribution in [0, 0.1) is 36.0 Å². The summed E-state index contributed by atoms with van der Waals surface area (Å²) in [6.45, 7) is 17.9. The lowest BCUT2D eigenvalue weighted by atomic mass is 9.60. The van der Waals surface area contributed by atoms with E-state index in [-0.39, 0.29) is 12.1 Å². The molecule has 2 heteroatoms. The quantitative estimate of drug-likeness (QED) is 0.305. The molecule has 0 bridgehead atoms. The number of hydrogen-bond donors (Lipinski definition) is 0. The van der Waals surface area contributed by atoms with E-state index >= 15 is 0 Å². The lowest BCUT2D eigenvalue weighted by Gasteiger charge is -2.44. The summed E-state index contributed by atoms with van der Waals surface area (Å²) in [6, 6.07) is 4.75. The Hall–Kier alpha value is -1.57. The van der Waals surface area contributed by atoms with Crippen molar-refractivity contribution in [2.45, 2.75) is 106 Å². The number of ether oxygens (including phenoxy) is 1. The van der Waals surface area contributed by atoms with Gasteiger partial charge in [0.1, 0.15) is 6.10 Å². The van der Waals surface area contributed by atoms with Crippen molar-refractivity contribution in [3.63, 3.8) is 0 Å². The van der Waals surface area contributed by atoms with Crippen LogP contribution in [0.5, 0.6) is 0 Å². The SMILES string of the molecule is CCC(Cc1ccc2c(c1C)CCC1(C)C2CCC1C(C)/C=C/C(C)C(C)C)OC(C)=O. The van der Waals surface area contributed by atoms with E-state index in [9.17, 15) is 4.79 Å². The largest absolute Gasteiger partial charge is 0.462 e. The Bertz CT molecular complexity index is 835. The van der Waals surface area contributed by atoms with E-state index in [2.05, 4.69) is 72.8 Å². The fourth-order valence-corrected chi connectivity index (χ4v) is 6.55. The molecular weight excluding hydrogens is 392 g/mol. The molecule has 32 heavy (non-hydrogen) atoms. The summed E-state index contributed by atoms with van der Waals surface area (Å²) in [5.41, 5.74) is 6.39. The highest BCUT2D eigenvalue weighted by Crippen LogP contribution is 2.61. The molecular formula is C30H46O2. The number of allylic oxidation sites excluding steroid dienone is 2. The fraction of sp³-hybridized carbons (Fsp3) is 0.700. The van der Waals surface area contributed by atoms with Gasteiger partial charge in [-0.15, -0.1) is 0 Å². The van der Waals surface area contributed by atoms with E-state index in [4.69, 9.17) is 4.74 Å². The second-order valence-electron chi connectivity index (χ2n) is 11.4. The number of rotatable bonds is 8. The Labute approximate surface area is 197 Å². The number of carbonyl (C=O) groups is 1. The van der Waals surface area contributed by atoms with Gasteiger partial charge in [-0.3, -0.25) is 4.79 Å². The number of benzene rings is 1. The molecule has 1 saturated carbocycles. The van der Waals surface area contributed by atoms with Crippen molar-refractivity contribution in [3.8, 4) is 0 Å². The molecule has 0 radical (unpaired) electrons. The van der Waals surface area contributed by atoms with Gasteiger partial charge in [0.15, 0.2) is 0 Å². The minimum Gasteiger partial charge on any atom is -0.462 e. The van der Waals surface area contributed by atoms with Crippen LogP contribution >= 0.6 is 0 Å². The zero-order valence-corrected chi connectivity index (χ0v) is 21.8. The molecule has 0 amide bonds. The molecule has 0 aromatic heterocycles. The normalized spacial score (nSPS) is 27.8. The van der Waals surface area contributed by atoms with Gasteiger partial charge in [-0.2, -0.15) is 0 Å². The molecule has 6 unspecified atom stereocenters. The highest BCUT2D eigenvalue weighted by Gasteiger charge is 2.50. The summed E-state index contributed by atoms with van der Waals surface area (Å²) in [5, 5.41) is 0. The predicted molar refractivity (Wildman–Crippen MR) is 135 cm³/mol. The summed E-state index contributed by atoms with van der Waals surface area (Å²) in [5.74, 6) is 3.27. The molecule has 0 saturated heterocycles. The molecule has 1 fully saturated rings. The first-order chi connectivity index (χ1) is 15.1. The van der Waals surface area contributed by atoms with Crippen molar-refractivity contribution in [1.82, 2.24) is 0 Å². The average molecular weight is 439 g/mol. The number of carbonyl (C=O) groups excluding carboxylic acids is 1. The van der Waals surface area contributed by atoms with Gasteiger partial charge in [-0.25, -0.2) is 0 Å². The predicted octanol–water partition coefficient (Wildman–Crippen LogP) is 7.81. The monoisotopic (exact) mass is 438 g/mol. The first-order valence-corrected chi connectivity index (χ1v) is 13.0. The maximum Gasteiger partial charge on any atom is 0.302 e. The van der Waals surface area contributed by atoms with Crippen LogP contribution in [-0.4, -0.2) is 12.1 Å². The minimum absolute atomic E-state index is 0.0187. The summed E-state index contributed by atoms with van der Waals surface area (Å²) in [7, 11) is 0. The lowest BCUT2D eigenvalue weighted by molar-refractivity contribution is -0.146. The van der Waals surface area contributed by atoms with Gasteiger partial charge in [0, 0.05) is 13.3 Å². The van der Waals surface area contributed by atoms with Crippen LogP contribution in [0.1, 0.15) is 102 Å². The van der Waals surface area contributed by atoms with Crippen LogP contribution in [0.15, 0.2) is 24.3 Å². The van der Waals surface area contributed by atoms with Crippen molar-refractivity contribution < 1.29 is 9.53 Å². The van der Waals surface area contributed by atoms with E-state index in [0.29, 0.717) is 29.1 Å².